The molecule has 0 aliphatic carbocycles. The van der Waals surface area contributed by atoms with E-state index in [0.717, 1.165) is 12.1 Å². The molecule has 0 fully saturated rings. The summed E-state index contributed by atoms with van der Waals surface area (Å²) in [5.74, 6) is 0. The average Bonchev–Trinajstić information content (AvgIpc) is 3.29. The van der Waals surface area contributed by atoms with Gasteiger partial charge in [-0.25, -0.2) is 4.98 Å². The predicted molar refractivity (Wildman–Crippen MR) is 131 cm³/mol. The number of pyridine rings is 1. The van der Waals surface area contributed by atoms with E-state index in [1.54, 1.807) is 0 Å². The van der Waals surface area contributed by atoms with Crippen LogP contribution in [-0.4, -0.2) is 9.38 Å². The van der Waals surface area contributed by atoms with E-state index in [2.05, 4.69) is 115 Å². The zero-order chi connectivity index (χ0) is 21.3. The maximum absolute atomic E-state index is 4.95. The fraction of sp³-hybridized carbons (Fsp3) is 0.100. The van der Waals surface area contributed by atoms with Crippen molar-refractivity contribution in [1.82, 2.24) is 9.38 Å². The summed E-state index contributed by atoms with van der Waals surface area (Å²) in [5, 5.41) is 3.84. The smallest absolute Gasteiger partial charge is 0.145 e. The van der Waals surface area contributed by atoms with Crippen LogP contribution < -0.4 is 0 Å². The second-order valence-corrected chi connectivity index (χ2v) is 8.92. The van der Waals surface area contributed by atoms with Crippen molar-refractivity contribution in [1.29, 1.82) is 0 Å². The van der Waals surface area contributed by atoms with Gasteiger partial charge in [-0.2, -0.15) is 0 Å². The maximum atomic E-state index is 4.95. The highest BCUT2D eigenvalue weighted by Gasteiger charge is 2.42. The quantitative estimate of drug-likeness (QED) is 0.286. The van der Waals surface area contributed by atoms with Gasteiger partial charge in [0.05, 0.1) is 10.9 Å². The second-order valence-electron chi connectivity index (χ2n) is 8.92. The van der Waals surface area contributed by atoms with E-state index >= 15 is 0 Å². The normalized spacial score (nSPS) is 14.5. The van der Waals surface area contributed by atoms with E-state index in [-0.39, 0.29) is 5.41 Å². The first-order valence-electron chi connectivity index (χ1n) is 11.2. The highest BCUT2D eigenvalue weighted by molar-refractivity contribution is 6.14. The van der Waals surface area contributed by atoms with Crippen LogP contribution in [0.1, 0.15) is 27.9 Å². The molecule has 0 N–H and O–H groups in total. The number of rotatable bonds is 2. The average molecular weight is 411 g/mol. The first-order chi connectivity index (χ1) is 15.8. The Hall–Kier alpha value is -3.91. The second kappa shape index (κ2) is 6.30. The molecule has 3 heterocycles. The van der Waals surface area contributed by atoms with Gasteiger partial charge in [-0.3, -0.25) is 4.40 Å². The summed E-state index contributed by atoms with van der Waals surface area (Å²) in [7, 11) is 0. The lowest BCUT2D eigenvalue weighted by Crippen LogP contribution is -2.35. The standard InChI is InChI=1S/C30H22N2/c1-20-16-17-26-28-27(20)24-14-8-9-15-25(24)29-31-19-23(32(28)29)18-30(26,21-10-4-2-5-11-21)22-12-6-3-7-13-22/h2-17,19H,18H2,1H3. The predicted octanol–water partition coefficient (Wildman–Crippen LogP) is 6.84. The van der Waals surface area contributed by atoms with Crippen molar-refractivity contribution in [3.63, 3.8) is 0 Å². The third-order valence-corrected chi connectivity index (χ3v) is 7.32. The zero-order valence-corrected chi connectivity index (χ0v) is 17.9. The van der Waals surface area contributed by atoms with Gasteiger partial charge in [0.15, 0.2) is 0 Å². The van der Waals surface area contributed by atoms with Gasteiger partial charge in [0.1, 0.15) is 5.65 Å². The van der Waals surface area contributed by atoms with Crippen LogP contribution in [0.5, 0.6) is 0 Å². The molecule has 0 radical (unpaired) electrons. The molecule has 2 heteroatoms. The van der Waals surface area contributed by atoms with Gasteiger partial charge in [0.2, 0.25) is 0 Å². The summed E-state index contributed by atoms with van der Waals surface area (Å²) in [4.78, 5) is 4.95. The molecule has 152 valence electrons. The lowest BCUT2D eigenvalue weighted by atomic mass is 9.65. The summed E-state index contributed by atoms with van der Waals surface area (Å²) >= 11 is 0. The fourth-order valence-corrected chi connectivity index (χ4v) is 5.95. The number of aryl methyl sites for hydroxylation is 1. The first-order valence-corrected chi connectivity index (χ1v) is 11.2. The third kappa shape index (κ3) is 2.12. The van der Waals surface area contributed by atoms with Crippen LogP contribution >= 0.6 is 0 Å². The summed E-state index contributed by atoms with van der Waals surface area (Å²) in [5.41, 5.74) is 8.67. The summed E-state index contributed by atoms with van der Waals surface area (Å²) in [6, 6.07) is 35.3. The van der Waals surface area contributed by atoms with E-state index in [1.165, 1.54) is 49.6 Å². The molecule has 0 bridgehead atoms. The minimum atomic E-state index is -0.264. The van der Waals surface area contributed by atoms with Crippen molar-refractivity contribution in [2.75, 3.05) is 0 Å². The van der Waals surface area contributed by atoms with Gasteiger partial charge in [0, 0.05) is 29.1 Å². The fourth-order valence-electron chi connectivity index (χ4n) is 5.95. The molecule has 2 nitrogen and oxygen atoms in total. The summed E-state index contributed by atoms with van der Waals surface area (Å²) in [6.07, 6.45) is 2.97. The van der Waals surface area contributed by atoms with E-state index in [1.807, 2.05) is 0 Å². The Morgan fingerprint density at radius 3 is 2.03 bits per heavy atom. The Morgan fingerprint density at radius 2 is 1.34 bits per heavy atom. The monoisotopic (exact) mass is 410 g/mol. The van der Waals surface area contributed by atoms with Crippen LogP contribution in [0, 0.1) is 6.92 Å². The molecule has 4 aromatic carbocycles. The number of aromatic nitrogens is 2. The Balaban J connectivity index is 1.75. The minimum Gasteiger partial charge on any atom is -0.296 e. The number of hydrogen-bond acceptors (Lipinski definition) is 1. The molecule has 32 heavy (non-hydrogen) atoms. The first kappa shape index (κ1) is 17.7. The number of fused-ring (bicyclic) bond motifs is 3. The SMILES string of the molecule is Cc1ccc2c3c1c1ccccc1c1ncc(n13)CC2(c1ccccc1)c1ccccc1. The van der Waals surface area contributed by atoms with Crippen molar-refractivity contribution in [2.24, 2.45) is 0 Å². The molecule has 0 saturated carbocycles. The van der Waals surface area contributed by atoms with Crippen LogP contribution in [0.15, 0.2) is 103 Å². The maximum Gasteiger partial charge on any atom is 0.145 e. The molecule has 0 atom stereocenters. The third-order valence-electron chi connectivity index (χ3n) is 7.32. The molecule has 0 spiro atoms. The number of benzene rings is 4. The Bertz CT molecular complexity index is 1600. The topological polar surface area (TPSA) is 17.3 Å². The van der Waals surface area contributed by atoms with Crippen LogP contribution in [0.25, 0.3) is 27.3 Å². The van der Waals surface area contributed by atoms with Crippen molar-refractivity contribution < 1.29 is 0 Å². The van der Waals surface area contributed by atoms with Crippen molar-refractivity contribution in [3.05, 3.63) is 131 Å². The van der Waals surface area contributed by atoms with Gasteiger partial charge in [0.25, 0.3) is 0 Å². The van der Waals surface area contributed by atoms with Crippen LogP contribution in [-0.2, 0) is 11.8 Å². The summed E-state index contributed by atoms with van der Waals surface area (Å²) < 4.78 is 2.42. The van der Waals surface area contributed by atoms with E-state index in [9.17, 15) is 0 Å². The molecule has 0 unspecified atom stereocenters. The summed E-state index contributed by atoms with van der Waals surface area (Å²) in [6.45, 7) is 2.23. The van der Waals surface area contributed by atoms with Crippen LogP contribution in [0.4, 0.5) is 0 Å². The number of hydrogen-bond donors (Lipinski definition) is 0. The van der Waals surface area contributed by atoms with Gasteiger partial charge >= 0.3 is 0 Å². The van der Waals surface area contributed by atoms with Gasteiger partial charge < -0.3 is 0 Å². The van der Waals surface area contributed by atoms with Crippen LogP contribution in [0.2, 0.25) is 0 Å². The minimum absolute atomic E-state index is 0.264. The molecule has 0 saturated heterocycles. The van der Waals surface area contributed by atoms with E-state index < -0.39 is 0 Å². The lowest BCUT2D eigenvalue weighted by molar-refractivity contribution is 0.590. The van der Waals surface area contributed by atoms with E-state index in [0.29, 0.717) is 0 Å². The molecule has 1 aliphatic rings. The molecular weight excluding hydrogens is 388 g/mol. The Morgan fingerprint density at radius 1 is 0.719 bits per heavy atom. The molecule has 2 aromatic heterocycles. The number of imidazole rings is 1. The van der Waals surface area contributed by atoms with Crippen molar-refractivity contribution in [3.8, 4) is 0 Å². The number of nitrogens with zero attached hydrogens (tertiary/aromatic N) is 2. The zero-order valence-electron chi connectivity index (χ0n) is 17.9. The molecule has 7 rings (SSSR count). The molecule has 6 aromatic rings. The molecule has 0 amide bonds. The Labute approximate surface area is 186 Å². The van der Waals surface area contributed by atoms with Crippen LogP contribution in [0.3, 0.4) is 0 Å². The van der Waals surface area contributed by atoms with Gasteiger partial charge in [-0.15, -0.1) is 0 Å². The largest absolute Gasteiger partial charge is 0.296 e. The Kier molecular flexibility index (Phi) is 3.49. The van der Waals surface area contributed by atoms with E-state index in [4.69, 9.17) is 4.98 Å². The highest BCUT2D eigenvalue weighted by Crippen LogP contribution is 2.49. The van der Waals surface area contributed by atoms with Gasteiger partial charge in [-0.05, 0) is 34.6 Å². The highest BCUT2D eigenvalue weighted by atomic mass is 15.0. The van der Waals surface area contributed by atoms with Crippen molar-refractivity contribution >= 4 is 27.3 Å². The molecular formula is C30H22N2. The van der Waals surface area contributed by atoms with Crippen molar-refractivity contribution in [2.45, 2.75) is 18.8 Å². The lowest BCUT2D eigenvalue weighted by Gasteiger charge is -2.40. The molecule has 1 aliphatic heterocycles. The van der Waals surface area contributed by atoms with Gasteiger partial charge in [-0.1, -0.05) is 97.1 Å².